The quantitative estimate of drug-likeness (QED) is 0.355. The van der Waals surface area contributed by atoms with Crippen molar-refractivity contribution in [3.63, 3.8) is 0 Å². The zero-order valence-corrected chi connectivity index (χ0v) is 19.7. The molecular weight excluding hydrogens is 498 g/mol. The highest BCUT2D eigenvalue weighted by molar-refractivity contribution is 8.26. The minimum Gasteiger partial charge on any atom is -0.481 e. The molecule has 0 spiro atoms. The lowest BCUT2D eigenvalue weighted by Gasteiger charge is -2.21. The number of nitrogens with zero attached hydrogens (tertiary/aromatic N) is 3. The number of para-hydroxylation sites is 1. The maximum atomic E-state index is 13.1. The molecule has 1 saturated heterocycles. The molecule has 11 heteroatoms. The second kappa shape index (κ2) is 9.80. The average molecular weight is 514 g/mol. The summed E-state index contributed by atoms with van der Waals surface area (Å²) in [5, 5.41) is 23.8. The summed E-state index contributed by atoms with van der Waals surface area (Å²) in [7, 11) is 0. The van der Waals surface area contributed by atoms with Crippen molar-refractivity contribution >= 4 is 63.8 Å². The largest absolute Gasteiger partial charge is 0.481 e. The molecule has 34 heavy (non-hydrogen) atoms. The van der Waals surface area contributed by atoms with E-state index in [-0.39, 0.29) is 9.23 Å². The van der Waals surface area contributed by atoms with Crippen molar-refractivity contribution in [2.75, 3.05) is 0 Å². The molecule has 1 fully saturated rings. The topological polar surface area (TPSA) is 113 Å². The summed E-state index contributed by atoms with van der Waals surface area (Å²) < 4.78 is 1.65. The van der Waals surface area contributed by atoms with Crippen LogP contribution in [-0.4, -0.2) is 53.1 Å². The van der Waals surface area contributed by atoms with E-state index in [0.29, 0.717) is 16.3 Å². The van der Waals surface area contributed by atoms with Crippen LogP contribution in [0.3, 0.4) is 0 Å². The zero-order valence-electron chi connectivity index (χ0n) is 17.3. The van der Waals surface area contributed by atoms with E-state index >= 15 is 0 Å². The fourth-order valence-corrected chi connectivity index (χ4v) is 4.86. The second-order valence-corrected chi connectivity index (χ2v) is 9.34. The van der Waals surface area contributed by atoms with Gasteiger partial charge in [-0.1, -0.05) is 65.9 Å². The van der Waals surface area contributed by atoms with E-state index in [4.69, 9.17) is 28.9 Å². The van der Waals surface area contributed by atoms with Crippen LogP contribution < -0.4 is 0 Å². The van der Waals surface area contributed by atoms with Gasteiger partial charge in [0.15, 0.2) is 0 Å². The van der Waals surface area contributed by atoms with Gasteiger partial charge < -0.3 is 10.2 Å². The number of benzene rings is 2. The summed E-state index contributed by atoms with van der Waals surface area (Å²) in [6.45, 7) is 0. The van der Waals surface area contributed by atoms with Crippen LogP contribution in [0.1, 0.15) is 12.0 Å². The Morgan fingerprint density at radius 3 is 2.41 bits per heavy atom. The van der Waals surface area contributed by atoms with Gasteiger partial charge in [0, 0.05) is 22.3 Å². The van der Waals surface area contributed by atoms with Crippen LogP contribution >= 0.6 is 35.6 Å². The molecule has 2 N–H and O–H groups in total. The first-order chi connectivity index (χ1) is 16.2. The fraction of sp³-hybridized carbons (Fsp3) is 0.0870. The Kier molecular flexibility index (Phi) is 6.82. The van der Waals surface area contributed by atoms with Crippen LogP contribution in [0.15, 0.2) is 65.7 Å². The van der Waals surface area contributed by atoms with Crippen molar-refractivity contribution in [2.45, 2.75) is 12.5 Å². The molecule has 1 atom stereocenters. The summed E-state index contributed by atoms with van der Waals surface area (Å²) in [4.78, 5) is 36.8. The SMILES string of the molecule is O=C(O)C[C@@H](C(=O)O)N1C(=O)/C(=C/c2cn(-c3ccccc3)nc2-c2ccc(Cl)cc2)SC1=S. The minimum absolute atomic E-state index is 0.0200. The van der Waals surface area contributed by atoms with Crippen LogP contribution in [0.5, 0.6) is 0 Å². The highest BCUT2D eigenvalue weighted by Gasteiger charge is 2.41. The molecule has 2 aromatic carbocycles. The summed E-state index contributed by atoms with van der Waals surface area (Å²) in [5.74, 6) is -3.46. The molecule has 1 aliphatic rings. The van der Waals surface area contributed by atoms with Crippen molar-refractivity contribution in [2.24, 2.45) is 0 Å². The van der Waals surface area contributed by atoms with Crippen LogP contribution in [-0.2, 0) is 14.4 Å². The molecule has 1 aliphatic heterocycles. The third-order valence-electron chi connectivity index (χ3n) is 4.96. The smallest absolute Gasteiger partial charge is 0.327 e. The van der Waals surface area contributed by atoms with Crippen LogP contribution in [0.25, 0.3) is 23.0 Å². The molecule has 0 radical (unpaired) electrons. The Hall–Kier alpha value is -3.47. The van der Waals surface area contributed by atoms with Gasteiger partial charge in [0.1, 0.15) is 10.4 Å². The molecule has 3 aromatic rings. The number of carbonyl (C=O) groups excluding carboxylic acids is 1. The summed E-state index contributed by atoms with van der Waals surface area (Å²) >= 11 is 12.2. The Morgan fingerprint density at radius 1 is 1.12 bits per heavy atom. The average Bonchev–Trinajstić information content (AvgIpc) is 3.34. The predicted octanol–water partition coefficient (Wildman–Crippen LogP) is 4.32. The Morgan fingerprint density at radius 2 is 1.79 bits per heavy atom. The molecule has 0 aliphatic carbocycles. The summed E-state index contributed by atoms with van der Waals surface area (Å²) in [6.07, 6.45) is 2.56. The highest BCUT2D eigenvalue weighted by Crippen LogP contribution is 2.36. The number of aliphatic carboxylic acids is 2. The van der Waals surface area contributed by atoms with E-state index < -0.39 is 30.3 Å². The maximum Gasteiger partial charge on any atom is 0.327 e. The molecule has 4 rings (SSSR count). The molecule has 172 valence electrons. The standard InChI is InChI=1S/C23H16ClN3O5S2/c24-15-8-6-13(7-9-15)20-14(12-26(25-20)16-4-2-1-3-5-16)10-18-21(30)27(23(33)34-18)17(22(31)32)11-19(28)29/h1-10,12,17H,11H2,(H,28,29)(H,31,32)/b18-10-/t17-/m0/s1. The first-order valence-corrected chi connectivity index (χ1v) is 11.5. The van der Waals surface area contributed by atoms with Gasteiger partial charge in [-0.3, -0.25) is 14.5 Å². The van der Waals surface area contributed by atoms with Crippen molar-refractivity contribution in [3.05, 3.63) is 76.3 Å². The van der Waals surface area contributed by atoms with Crippen LogP contribution in [0.4, 0.5) is 0 Å². The van der Waals surface area contributed by atoms with Crippen molar-refractivity contribution in [1.29, 1.82) is 0 Å². The van der Waals surface area contributed by atoms with E-state index in [0.717, 1.165) is 27.9 Å². The third-order valence-corrected chi connectivity index (χ3v) is 6.54. The number of rotatable bonds is 7. The van der Waals surface area contributed by atoms with Gasteiger partial charge in [0.2, 0.25) is 0 Å². The van der Waals surface area contributed by atoms with Gasteiger partial charge in [-0.15, -0.1) is 0 Å². The molecule has 2 heterocycles. The molecule has 1 amide bonds. The lowest BCUT2D eigenvalue weighted by atomic mass is 10.1. The monoisotopic (exact) mass is 513 g/mol. The fourth-order valence-electron chi connectivity index (χ4n) is 3.38. The number of amides is 1. The number of carboxylic acids is 2. The maximum absolute atomic E-state index is 13.1. The number of thiocarbonyl (C=S) groups is 1. The van der Waals surface area contributed by atoms with Crippen molar-refractivity contribution in [3.8, 4) is 16.9 Å². The number of hydrogen-bond donors (Lipinski definition) is 2. The summed E-state index contributed by atoms with van der Waals surface area (Å²) in [5.41, 5.74) is 2.73. The molecule has 1 aromatic heterocycles. The van der Waals surface area contributed by atoms with Gasteiger partial charge in [0.05, 0.1) is 22.7 Å². The first-order valence-electron chi connectivity index (χ1n) is 9.87. The number of carboxylic acid groups (broad SMARTS) is 2. The Balaban J connectivity index is 1.77. The molecule has 0 unspecified atom stereocenters. The minimum atomic E-state index is -1.60. The zero-order chi connectivity index (χ0) is 24.4. The first kappa shape index (κ1) is 23.7. The molecular formula is C23H16ClN3O5S2. The van der Waals surface area contributed by atoms with Crippen LogP contribution in [0.2, 0.25) is 5.02 Å². The van der Waals surface area contributed by atoms with E-state index in [1.807, 2.05) is 30.3 Å². The third kappa shape index (κ3) is 4.89. The number of halogens is 1. The molecule has 0 bridgehead atoms. The van der Waals surface area contributed by atoms with E-state index in [2.05, 4.69) is 5.10 Å². The Labute approximate surface area is 208 Å². The Bertz CT molecular complexity index is 1320. The predicted molar refractivity (Wildman–Crippen MR) is 133 cm³/mol. The molecule has 0 saturated carbocycles. The van der Waals surface area contributed by atoms with Crippen LogP contribution in [0, 0.1) is 0 Å². The van der Waals surface area contributed by atoms with E-state index in [9.17, 15) is 19.5 Å². The number of thioether (sulfide) groups is 1. The lowest BCUT2D eigenvalue weighted by molar-refractivity contribution is -0.150. The van der Waals surface area contributed by atoms with E-state index in [1.165, 1.54) is 0 Å². The summed E-state index contributed by atoms with van der Waals surface area (Å²) in [6, 6.07) is 14.9. The number of aromatic nitrogens is 2. The highest BCUT2D eigenvalue weighted by atomic mass is 35.5. The van der Waals surface area contributed by atoms with Gasteiger partial charge >= 0.3 is 11.9 Å². The van der Waals surface area contributed by atoms with Gasteiger partial charge in [-0.05, 0) is 30.3 Å². The normalized spacial score (nSPS) is 15.7. The number of hydrogen-bond acceptors (Lipinski definition) is 6. The van der Waals surface area contributed by atoms with E-state index in [1.54, 1.807) is 41.2 Å². The molecule has 8 nitrogen and oxygen atoms in total. The number of carbonyl (C=O) groups is 3. The lowest BCUT2D eigenvalue weighted by Crippen LogP contribution is -2.45. The van der Waals surface area contributed by atoms with Crippen molar-refractivity contribution in [1.82, 2.24) is 14.7 Å². The van der Waals surface area contributed by atoms with Gasteiger partial charge in [-0.2, -0.15) is 5.10 Å². The van der Waals surface area contributed by atoms with Gasteiger partial charge in [0.25, 0.3) is 5.91 Å². The van der Waals surface area contributed by atoms with Gasteiger partial charge in [-0.25, -0.2) is 9.48 Å². The second-order valence-electron chi connectivity index (χ2n) is 7.22. The van der Waals surface area contributed by atoms with Crippen molar-refractivity contribution < 1.29 is 24.6 Å².